The predicted octanol–water partition coefficient (Wildman–Crippen LogP) is 0.624. The number of hydrogen-bond acceptors (Lipinski definition) is 3. The van der Waals surface area contributed by atoms with Gasteiger partial charge in [0.2, 0.25) is 0 Å². The van der Waals surface area contributed by atoms with Gasteiger partial charge in [0.05, 0.1) is 6.54 Å². The first-order valence-corrected chi connectivity index (χ1v) is 4.99. The maximum absolute atomic E-state index is 8.64. The largest absolute Gasteiger partial charge is 0.396 e. The summed E-state index contributed by atoms with van der Waals surface area (Å²) in [4.78, 5) is 6.48. The highest BCUT2D eigenvalue weighted by molar-refractivity contribution is 4.90. The molecule has 0 fully saturated rings. The molecule has 0 saturated carbocycles. The molecule has 0 amide bonds. The van der Waals surface area contributed by atoms with Crippen LogP contribution in [0.5, 0.6) is 0 Å². The summed E-state index contributed by atoms with van der Waals surface area (Å²) >= 11 is 0. The summed E-state index contributed by atoms with van der Waals surface area (Å²) in [5, 5.41) is 8.64. The average Bonchev–Trinajstić information content (AvgIpc) is 2.52. The zero-order valence-corrected chi connectivity index (χ0v) is 8.98. The van der Waals surface area contributed by atoms with Crippen LogP contribution in [0, 0.1) is 0 Å². The normalized spacial score (nSPS) is 11.1. The van der Waals surface area contributed by atoms with Crippen LogP contribution in [-0.2, 0) is 13.6 Å². The van der Waals surface area contributed by atoms with E-state index in [1.807, 2.05) is 24.0 Å². The Kier molecular flexibility index (Phi) is 4.62. The maximum Gasteiger partial charge on any atom is 0.122 e. The summed E-state index contributed by atoms with van der Waals surface area (Å²) in [7, 11) is 4.08. The fraction of sp³-hybridized carbons (Fsp3) is 0.700. The molecule has 0 aliphatic rings. The Morgan fingerprint density at radius 2 is 2.29 bits per heavy atom. The first kappa shape index (κ1) is 11.2. The zero-order valence-electron chi connectivity index (χ0n) is 8.98. The summed E-state index contributed by atoms with van der Waals surface area (Å²) in [6.07, 6.45) is 5.69. The smallest absolute Gasteiger partial charge is 0.122 e. The third-order valence-corrected chi connectivity index (χ3v) is 2.28. The number of nitrogens with zero attached hydrogens (tertiary/aromatic N) is 3. The van der Waals surface area contributed by atoms with Crippen molar-refractivity contribution in [1.29, 1.82) is 0 Å². The molecule has 1 aromatic heterocycles. The number of imidazole rings is 1. The molecule has 0 spiro atoms. The molecular weight excluding hydrogens is 178 g/mol. The van der Waals surface area contributed by atoms with Crippen molar-refractivity contribution in [2.75, 3.05) is 20.2 Å². The number of hydrogen-bond donors (Lipinski definition) is 1. The fourth-order valence-electron chi connectivity index (χ4n) is 1.36. The van der Waals surface area contributed by atoms with Gasteiger partial charge in [-0.25, -0.2) is 4.98 Å². The van der Waals surface area contributed by atoms with E-state index in [-0.39, 0.29) is 6.61 Å². The minimum absolute atomic E-state index is 0.288. The van der Waals surface area contributed by atoms with Crippen LogP contribution >= 0.6 is 0 Å². The quantitative estimate of drug-likeness (QED) is 0.680. The van der Waals surface area contributed by atoms with Gasteiger partial charge in [0.25, 0.3) is 0 Å². The molecule has 0 aliphatic heterocycles. The van der Waals surface area contributed by atoms with Crippen molar-refractivity contribution in [2.24, 2.45) is 7.05 Å². The molecule has 1 aromatic rings. The Morgan fingerprint density at radius 3 is 2.86 bits per heavy atom. The summed E-state index contributed by atoms with van der Waals surface area (Å²) in [6, 6.07) is 0. The third-order valence-electron chi connectivity index (χ3n) is 2.28. The lowest BCUT2D eigenvalue weighted by Crippen LogP contribution is -2.21. The third kappa shape index (κ3) is 3.47. The number of aromatic nitrogens is 2. The van der Waals surface area contributed by atoms with E-state index in [4.69, 9.17) is 5.11 Å². The molecule has 1 heterocycles. The van der Waals surface area contributed by atoms with E-state index < -0.39 is 0 Å². The monoisotopic (exact) mass is 197 g/mol. The van der Waals surface area contributed by atoms with Gasteiger partial charge in [-0.3, -0.25) is 4.90 Å². The molecule has 1 N–H and O–H groups in total. The minimum Gasteiger partial charge on any atom is -0.396 e. The fourth-order valence-corrected chi connectivity index (χ4v) is 1.36. The molecule has 14 heavy (non-hydrogen) atoms. The van der Waals surface area contributed by atoms with E-state index >= 15 is 0 Å². The highest BCUT2D eigenvalue weighted by atomic mass is 16.2. The van der Waals surface area contributed by atoms with Gasteiger partial charge in [0.15, 0.2) is 0 Å². The second-order valence-corrected chi connectivity index (χ2v) is 3.62. The number of rotatable bonds is 6. The summed E-state index contributed by atoms with van der Waals surface area (Å²) in [6.45, 7) is 2.17. The van der Waals surface area contributed by atoms with Crippen molar-refractivity contribution in [3.05, 3.63) is 18.2 Å². The van der Waals surface area contributed by atoms with Crippen LogP contribution in [0.15, 0.2) is 12.4 Å². The molecule has 0 saturated heterocycles. The van der Waals surface area contributed by atoms with Gasteiger partial charge in [0, 0.05) is 26.0 Å². The van der Waals surface area contributed by atoms with E-state index in [2.05, 4.69) is 16.9 Å². The van der Waals surface area contributed by atoms with Crippen molar-refractivity contribution in [3.63, 3.8) is 0 Å². The van der Waals surface area contributed by atoms with Crippen molar-refractivity contribution in [2.45, 2.75) is 19.4 Å². The van der Waals surface area contributed by atoms with Crippen LogP contribution < -0.4 is 0 Å². The number of aliphatic hydroxyl groups is 1. The van der Waals surface area contributed by atoms with Crippen molar-refractivity contribution < 1.29 is 5.11 Å². The molecule has 4 nitrogen and oxygen atoms in total. The maximum atomic E-state index is 8.64. The molecule has 0 bridgehead atoms. The SMILES string of the molecule is CN(CCCCO)Cc1nccn1C. The number of aliphatic hydroxyl groups excluding tert-OH is 1. The van der Waals surface area contributed by atoms with Gasteiger partial charge in [-0.1, -0.05) is 0 Å². The summed E-state index contributed by atoms with van der Waals surface area (Å²) < 4.78 is 2.03. The van der Waals surface area contributed by atoms with E-state index in [0.717, 1.165) is 31.8 Å². The van der Waals surface area contributed by atoms with Gasteiger partial charge < -0.3 is 9.67 Å². The molecule has 1 rings (SSSR count). The molecule has 0 aromatic carbocycles. The van der Waals surface area contributed by atoms with Crippen molar-refractivity contribution in [1.82, 2.24) is 14.5 Å². The Hall–Kier alpha value is -0.870. The van der Waals surface area contributed by atoms with Crippen LogP contribution in [0.2, 0.25) is 0 Å². The van der Waals surface area contributed by atoms with Gasteiger partial charge in [-0.15, -0.1) is 0 Å². The lowest BCUT2D eigenvalue weighted by atomic mass is 10.3. The second kappa shape index (κ2) is 5.78. The van der Waals surface area contributed by atoms with E-state index in [0.29, 0.717) is 0 Å². The van der Waals surface area contributed by atoms with Crippen LogP contribution in [0.3, 0.4) is 0 Å². The lowest BCUT2D eigenvalue weighted by molar-refractivity contribution is 0.258. The predicted molar refractivity (Wildman–Crippen MR) is 55.9 cm³/mol. The van der Waals surface area contributed by atoms with Crippen molar-refractivity contribution in [3.8, 4) is 0 Å². The topological polar surface area (TPSA) is 41.3 Å². The van der Waals surface area contributed by atoms with Gasteiger partial charge >= 0.3 is 0 Å². The van der Waals surface area contributed by atoms with Crippen LogP contribution in [0.4, 0.5) is 0 Å². The summed E-state index contributed by atoms with van der Waals surface area (Å²) in [5.41, 5.74) is 0. The Labute approximate surface area is 85.2 Å². The Bertz CT molecular complexity index is 260. The number of aryl methyl sites for hydroxylation is 1. The second-order valence-electron chi connectivity index (χ2n) is 3.62. The number of unbranched alkanes of at least 4 members (excludes halogenated alkanes) is 1. The van der Waals surface area contributed by atoms with Gasteiger partial charge in [0.1, 0.15) is 5.82 Å². The zero-order chi connectivity index (χ0) is 10.4. The van der Waals surface area contributed by atoms with E-state index in [1.54, 1.807) is 0 Å². The highest BCUT2D eigenvalue weighted by Crippen LogP contribution is 2.00. The van der Waals surface area contributed by atoms with Crippen LogP contribution in [-0.4, -0.2) is 39.8 Å². The lowest BCUT2D eigenvalue weighted by Gasteiger charge is -2.15. The molecular formula is C10H19N3O. The van der Waals surface area contributed by atoms with E-state index in [1.165, 1.54) is 0 Å². The first-order chi connectivity index (χ1) is 6.74. The molecule has 0 atom stereocenters. The van der Waals surface area contributed by atoms with E-state index in [9.17, 15) is 0 Å². The highest BCUT2D eigenvalue weighted by Gasteiger charge is 2.03. The minimum atomic E-state index is 0.288. The average molecular weight is 197 g/mol. The van der Waals surface area contributed by atoms with Crippen LogP contribution in [0.1, 0.15) is 18.7 Å². The molecule has 0 unspecified atom stereocenters. The standard InChI is InChI=1S/C10H19N3O/c1-12(6-3-4-8-14)9-10-11-5-7-13(10)2/h5,7,14H,3-4,6,8-9H2,1-2H3. The van der Waals surface area contributed by atoms with Gasteiger partial charge in [-0.05, 0) is 26.4 Å². The Morgan fingerprint density at radius 1 is 1.50 bits per heavy atom. The molecule has 0 radical (unpaired) electrons. The first-order valence-electron chi connectivity index (χ1n) is 4.99. The molecule has 0 aliphatic carbocycles. The molecule has 80 valence electrons. The van der Waals surface area contributed by atoms with Crippen LogP contribution in [0.25, 0.3) is 0 Å². The molecule has 4 heteroatoms. The van der Waals surface area contributed by atoms with Gasteiger partial charge in [-0.2, -0.15) is 0 Å². The summed E-state index contributed by atoms with van der Waals surface area (Å²) in [5.74, 6) is 1.08. The van der Waals surface area contributed by atoms with Crippen molar-refractivity contribution >= 4 is 0 Å². The Balaban J connectivity index is 2.27.